The molecule has 1 N–H and O–H groups in total. The van der Waals surface area contributed by atoms with E-state index in [1.807, 2.05) is 44.7 Å². The molecule has 2 aromatic rings. The highest BCUT2D eigenvalue weighted by Crippen LogP contribution is 2.35. The van der Waals surface area contributed by atoms with E-state index in [1.165, 1.54) is 5.56 Å². The van der Waals surface area contributed by atoms with Gasteiger partial charge in [-0.15, -0.1) is 0 Å². The van der Waals surface area contributed by atoms with Gasteiger partial charge in [0, 0.05) is 70.0 Å². The first-order chi connectivity index (χ1) is 18.9. The van der Waals surface area contributed by atoms with Gasteiger partial charge in [0.15, 0.2) is 0 Å². The minimum Gasteiger partial charge on any atom is -0.338 e. The number of hydrogen-bond acceptors (Lipinski definition) is 4. The molecule has 3 atom stereocenters. The van der Waals surface area contributed by atoms with Crippen LogP contribution in [0.4, 0.5) is 4.79 Å². The normalized spacial score (nSPS) is 22.1. The number of aromatic nitrogens is 1. The first-order valence-corrected chi connectivity index (χ1v) is 14.4. The summed E-state index contributed by atoms with van der Waals surface area (Å²) in [5.74, 6) is 0.708. The molecule has 0 unspecified atom stereocenters. The van der Waals surface area contributed by atoms with Gasteiger partial charge in [0.25, 0.3) is 5.56 Å². The number of nitrogens with one attached hydrogen (secondary N) is 1. The molecular weight excluding hydrogens is 490 g/mol. The molecule has 39 heavy (non-hydrogen) atoms. The highest BCUT2D eigenvalue weighted by Gasteiger charge is 2.37. The van der Waals surface area contributed by atoms with Gasteiger partial charge in [0.05, 0.1) is 0 Å². The van der Waals surface area contributed by atoms with Crippen molar-refractivity contribution >= 4 is 18.0 Å². The molecule has 0 spiro atoms. The molecule has 3 amide bonds. The standard InChI is InChI=1S/C31H41N5O3/c1-23(2)18-27(30(38)34-16-14-33(15-17-34)13-7-10-24-8-4-3-5-9-24)32-31(39)35-20-25-19-26(22-35)28-11-6-12-29(37)36(28)21-25/h3-12,23,25-27H,13-22H2,1-2H3,(H,32,39)/b10-7+/t25-,26+,27+/m1/s1. The largest absolute Gasteiger partial charge is 0.338 e. The van der Waals surface area contributed by atoms with Crippen LogP contribution in [0.2, 0.25) is 0 Å². The molecule has 0 aliphatic carbocycles. The number of piperidine rings is 1. The Balaban J connectivity index is 1.16. The fourth-order valence-corrected chi connectivity index (χ4v) is 6.27. The summed E-state index contributed by atoms with van der Waals surface area (Å²) in [4.78, 5) is 45.5. The number of hydrogen-bond donors (Lipinski definition) is 1. The highest BCUT2D eigenvalue weighted by atomic mass is 16.2. The van der Waals surface area contributed by atoms with Crippen molar-refractivity contribution in [1.82, 2.24) is 24.6 Å². The van der Waals surface area contributed by atoms with E-state index in [0.29, 0.717) is 39.1 Å². The Hall–Kier alpha value is -3.39. The van der Waals surface area contributed by atoms with Gasteiger partial charge in [-0.3, -0.25) is 14.5 Å². The second-order valence-corrected chi connectivity index (χ2v) is 11.7. The minimum atomic E-state index is -0.529. The van der Waals surface area contributed by atoms with Gasteiger partial charge >= 0.3 is 6.03 Å². The molecule has 5 rings (SSSR count). The van der Waals surface area contributed by atoms with Gasteiger partial charge in [-0.25, -0.2) is 4.79 Å². The third-order valence-corrected chi connectivity index (χ3v) is 8.23. The number of likely N-dealkylation sites (tertiary alicyclic amines) is 1. The molecule has 3 aliphatic heterocycles. The van der Waals surface area contributed by atoms with Gasteiger partial charge in [0.2, 0.25) is 5.91 Å². The summed E-state index contributed by atoms with van der Waals surface area (Å²) in [7, 11) is 0. The number of carbonyl (C=O) groups excluding carboxylic acids is 2. The van der Waals surface area contributed by atoms with Gasteiger partial charge < -0.3 is 19.7 Å². The third kappa shape index (κ3) is 6.61. The fourth-order valence-electron chi connectivity index (χ4n) is 6.27. The average molecular weight is 532 g/mol. The first kappa shape index (κ1) is 27.2. The van der Waals surface area contributed by atoms with Crippen molar-refractivity contribution in [3.8, 4) is 0 Å². The van der Waals surface area contributed by atoms with Gasteiger partial charge in [0.1, 0.15) is 6.04 Å². The van der Waals surface area contributed by atoms with Crippen LogP contribution in [0.15, 0.2) is 59.4 Å². The Bertz CT molecular complexity index is 1230. The Morgan fingerprint density at radius 3 is 2.46 bits per heavy atom. The molecule has 4 heterocycles. The Morgan fingerprint density at radius 1 is 0.949 bits per heavy atom. The Kier molecular flexibility index (Phi) is 8.50. The van der Waals surface area contributed by atoms with Crippen LogP contribution in [-0.4, -0.2) is 83.1 Å². The summed E-state index contributed by atoms with van der Waals surface area (Å²) in [6.07, 6.45) is 5.92. The number of urea groups is 1. The second-order valence-electron chi connectivity index (χ2n) is 11.7. The quantitative estimate of drug-likeness (QED) is 0.595. The predicted molar refractivity (Wildman–Crippen MR) is 153 cm³/mol. The lowest BCUT2D eigenvalue weighted by molar-refractivity contribution is -0.135. The lowest BCUT2D eigenvalue weighted by Crippen LogP contribution is -2.58. The molecule has 3 aliphatic rings. The lowest BCUT2D eigenvalue weighted by Gasteiger charge is -2.43. The summed E-state index contributed by atoms with van der Waals surface area (Å²) in [6.45, 7) is 9.84. The van der Waals surface area contributed by atoms with Gasteiger partial charge in [-0.05, 0) is 36.3 Å². The first-order valence-electron chi connectivity index (χ1n) is 14.4. The number of rotatable bonds is 7. The number of piperazine rings is 1. The van der Waals surface area contributed by atoms with Gasteiger partial charge in [-0.1, -0.05) is 62.4 Å². The number of fused-ring (bicyclic) bond motifs is 4. The lowest BCUT2D eigenvalue weighted by atomic mass is 9.83. The molecule has 2 saturated heterocycles. The van der Waals surface area contributed by atoms with Crippen molar-refractivity contribution in [2.45, 2.75) is 45.2 Å². The minimum absolute atomic E-state index is 0.0191. The zero-order valence-corrected chi connectivity index (χ0v) is 23.2. The van der Waals surface area contributed by atoms with Crippen molar-refractivity contribution in [2.75, 3.05) is 45.8 Å². The van der Waals surface area contributed by atoms with E-state index in [2.05, 4.69) is 48.3 Å². The van der Waals surface area contributed by atoms with Crippen LogP contribution in [0.25, 0.3) is 6.08 Å². The summed E-state index contributed by atoms with van der Waals surface area (Å²) >= 11 is 0. The van der Waals surface area contributed by atoms with E-state index in [9.17, 15) is 14.4 Å². The zero-order valence-electron chi connectivity index (χ0n) is 23.2. The number of pyridine rings is 1. The third-order valence-electron chi connectivity index (χ3n) is 8.23. The maximum atomic E-state index is 13.6. The van der Waals surface area contributed by atoms with Gasteiger partial charge in [-0.2, -0.15) is 0 Å². The molecular formula is C31H41N5O3. The van der Waals surface area contributed by atoms with Crippen LogP contribution in [0.5, 0.6) is 0 Å². The zero-order chi connectivity index (χ0) is 27.4. The molecule has 1 aromatic heterocycles. The van der Waals surface area contributed by atoms with Crippen molar-refractivity contribution in [2.24, 2.45) is 11.8 Å². The molecule has 0 saturated carbocycles. The smallest absolute Gasteiger partial charge is 0.318 e. The van der Waals surface area contributed by atoms with E-state index in [1.54, 1.807) is 6.07 Å². The summed E-state index contributed by atoms with van der Waals surface area (Å²) in [5, 5.41) is 3.11. The van der Waals surface area contributed by atoms with E-state index in [0.717, 1.165) is 31.7 Å². The van der Waals surface area contributed by atoms with Crippen molar-refractivity contribution < 1.29 is 9.59 Å². The van der Waals surface area contributed by atoms with E-state index in [4.69, 9.17) is 0 Å². The summed E-state index contributed by atoms with van der Waals surface area (Å²) in [6, 6.07) is 15.0. The monoisotopic (exact) mass is 531 g/mol. The number of amides is 3. The average Bonchev–Trinajstić information content (AvgIpc) is 2.93. The molecule has 8 nitrogen and oxygen atoms in total. The van der Waals surface area contributed by atoms with E-state index >= 15 is 0 Å². The number of nitrogens with zero attached hydrogens (tertiary/aromatic N) is 4. The molecule has 8 heteroatoms. The Labute approximate surface area is 231 Å². The fraction of sp³-hybridized carbons (Fsp3) is 0.516. The van der Waals surface area contributed by atoms with Crippen LogP contribution in [0, 0.1) is 11.8 Å². The summed E-state index contributed by atoms with van der Waals surface area (Å²) < 4.78 is 1.87. The van der Waals surface area contributed by atoms with Crippen LogP contribution < -0.4 is 10.9 Å². The number of carbonyl (C=O) groups is 2. The Morgan fingerprint density at radius 2 is 1.72 bits per heavy atom. The maximum Gasteiger partial charge on any atom is 0.318 e. The van der Waals surface area contributed by atoms with E-state index in [-0.39, 0.29) is 35.3 Å². The molecule has 2 fully saturated rings. The van der Waals surface area contributed by atoms with Crippen LogP contribution in [0.1, 0.15) is 43.9 Å². The predicted octanol–water partition coefficient (Wildman–Crippen LogP) is 3.25. The maximum absolute atomic E-state index is 13.6. The van der Waals surface area contributed by atoms with Crippen LogP contribution >= 0.6 is 0 Å². The van der Waals surface area contributed by atoms with Crippen molar-refractivity contribution in [3.05, 3.63) is 76.2 Å². The van der Waals surface area contributed by atoms with Crippen LogP contribution in [0.3, 0.4) is 0 Å². The molecule has 0 radical (unpaired) electrons. The molecule has 1 aromatic carbocycles. The van der Waals surface area contributed by atoms with E-state index < -0.39 is 6.04 Å². The van der Waals surface area contributed by atoms with Crippen LogP contribution in [-0.2, 0) is 11.3 Å². The van der Waals surface area contributed by atoms with Crippen molar-refractivity contribution in [1.29, 1.82) is 0 Å². The molecule has 2 bridgehead atoms. The second kappa shape index (κ2) is 12.2. The molecule has 208 valence electrons. The van der Waals surface area contributed by atoms with Crippen molar-refractivity contribution in [3.63, 3.8) is 0 Å². The SMILES string of the molecule is CC(C)C[C@H](NC(=O)N1C[C@H]2C[C@@H](C1)c1cccc(=O)n1C2)C(=O)N1CCN(C/C=C/c2ccccc2)CC1. The number of benzene rings is 1. The summed E-state index contributed by atoms with van der Waals surface area (Å²) in [5.41, 5.74) is 2.24. The highest BCUT2D eigenvalue weighted by molar-refractivity contribution is 5.87. The topological polar surface area (TPSA) is 77.9 Å².